The van der Waals surface area contributed by atoms with Crippen LogP contribution in [0.15, 0.2) is 46.6 Å². The van der Waals surface area contributed by atoms with Crippen LogP contribution >= 0.6 is 23.4 Å². The van der Waals surface area contributed by atoms with Crippen LogP contribution in [-0.2, 0) is 19.6 Å². The molecule has 1 fully saturated rings. The second-order valence-electron chi connectivity index (χ2n) is 5.55. The zero-order valence-corrected chi connectivity index (χ0v) is 16.6. The fourth-order valence-electron chi connectivity index (χ4n) is 2.31. The number of morpholine rings is 1. The lowest BCUT2D eigenvalue weighted by molar-refractivity contribution is -0.113. The van der Waals surface area contributed by atoms with Gasteiger partial charge in [-0.15, -0.1) is 0 Å². The summed E-state index contributed by atoms with van der Waals surface area (Å²) >= 11 is 6.94. The third-order valence-electron chi connectivity index (χ3n) is 3.66. The third kappa shape index (κ3) is 5.39. The molecule has 11 heteroatoms. The number of nitrogens with one attached hydrogen (secondary N) is 1. The molecule has 1 aliphatic rings. The normalized spacial score (nSPS) is 15.4. The highest BCUT2D eigenvalue weighted by Gasteiger charge is 2.26. The molecule has 1 aliphatic heterocycles. The zero-order valence-electron chi connectivity index (χ0n) is 14.2. The molecule has 0 saturated carbocycles. The average Bonchev–Trinajstić information content (AvgIpc) is 2.69. The Balaban J connectivity index is 1.55. The fraction of sp³-hybridized carbons (Fsp3) is 0.312. The lowest BCUT2D eigenvalue weighted by atomic mass is 10.4. The second-order valence-corrected chi connectivity index (χ2v) is 8.92. The van der Waals surface area contributed by atoms with E-state index in [-0.39, 0.29) is 16.6 Å². The molecule has 0 bridgehead atoms. The Hall–Kier alpha value is -1.72. The van der Waals surface area contributed by atoms with Crippen molar-refractivity contribution < 1.29 is 17.9 Å². The quantitative estimate of drug-likeness (QED) is 0.701. The number of carbonyl (C=O) groups is 1. The highest BCUT2D eigenvalue weighted by atomic mass is 35.5. The topological polar surface area (TPSA) is 101 Å². The van der Waals surface area contributed by atoms with Gasteiger partial charge in [0.15, 0.2) is 0 Å². The highest BCUT2D eigenvalue weighted by molar-refractivity contribution is 7.99. The van der Waals surface area contributed by atoms with Crippen molar-refractivity contribution in [2.45, 2.75) is 9.92 Å². The number of ether oxygens (including phenoxy) is 1. The summed E-state index contributed by atoms with van der Waals surface area (Å²) in [7, 11) is -3.57. The lowest BCUT2D eigenvalue weighted by Gasteiger charge is -2.25. The molecular weight excluding hydrogens is 412 g/mol. The van der Waals surface area contributed by atoms with Crippen LogP contribution < -0.4 is 5.32 Å². The van der Waals surface area contributed by atoms with Gasteiger partial charge in [-0.05, 0) is 24.3 Å². The average molecular weight is 429 g/mol. The lowest BCUT2D eigenvalue weighted by Crippen LogP contribution is -2.40. The zero-order chi connectivity index (χ0) is 19.3. The van der Waals surface area contributed by atoms with Crippen molar-refractivity contribution in [2.24, 2.45) is 0 Å². The van der Waals surface area contributed by atoms with E-state index in [1.807, 2.05) is 0 Å². The molecule has 1 saturated heterocycles. The number of rotatable bonds is 6. The van der Waals surface area contributed by atoms with Crippen LogP contribution in [-0.4, -0.2) is 60.7 Å². The summed E-state index contributed by atoms with van der Waals surface area (Å²) < 4.78 is 31.6. The maximum Gasteiger partial charge on any atom is 0.244 e. The van der Waals surface area contributed by atoms with E-state index in [9.17, 15) is 13.2 Å². The summed E-state index contributed by atoms with van der Waals surface area (Å²) in [5.74, 6) is 0.277. The van der Waals surface area contributed by atoms with Crippen molar-refractivity contribution >= 4 is 45.1 Å². The summed E-state index contributed by atoms with van der Waals surface area (Å²) in [6.07, 6.45) is 2.76. The van der Waals surface area contributed by atoms with Crippen molar-refractivity contribution in [1.29, 1.82) is 0 Å². The number of halogens is 1. The van der Waals surface area contributed by atoms with Crippen molar-refractivity contribution in [1.82, 2.24) is 14.3 Å². The van der Waals surface area contributed by atoms with Crippen molar-refractivity contribution in [3.8, 4) is 0 Å². The molecule has 1 amide bonds. The van der Waals surface area contributed by atoms with Crippen molar-refractivity contribution in [3.05, 3.63) is 41.7 Å². The summed E-state index contributed by atoms with van der Waals surface area (Å²) in [4.78, 5) is 20.2. The van der Waals surface area contributed by atoms with E-state index in [2.05, 4.69) is 15.3 Å². The molecule has 3 heterocycles. The van der Waals surface area contributed by atoms with E-state index in [1.165, 1.54) is 34.5 Å². The summed E-state index contributed by atoms with van der Waals surface area (Å²) in [5, 5.41) is 3.68. The number of aromatic nitrogens is 2. The molecule has 1 N–H and O–H groups in total. The molecule has 144 valence electrons. The van der Waals surface area contributed by atoms with Gasteiger partial charge in [0.25, 0.3) is 0 Å². The molecule has 3 rings (SSSR count). The summed E-state index contributed by atoms with van der Waals surface area (Å²) in [5.41, 5.74) is 0. The van der Waals surface area contributed by atoms with Gasteiger partial charge in [-0.25, -0.2) is 18.4 Å². The SMILES string of the molecule is O=C(CSc1ccc(S(=O)(=O)N2CCOCC2)cn1)Nc1ccc(Cl)cn1. The number of hydrogen-bond acceptors (Lipinski definition) is 7. The van der Waals surface area contributed by atoms with Gasteiger partial charge in [-0.3, -0.25) is 4.79 Å². The number of anilines is 1. The Bertz CT molecular complexity index is 886. The first-order valence-electron chi connectivity index (χ1n) is 8.03. The molecule has 8 nitrogen and oxygen atoms in total. The van der Waals surface area contributed by atoms with Crippen LogP contribution in [0.5, 0.6) is 0 Å². The van der Waals surface area contributed by atoms with Crippen LogP contribution in [0.25, 0.3) is 0 Å². The largest absolute Gasteiger partial charge is 0.379 e. The first-order chi connectivity index (χ1) is 12.9. The minimum Gasteiger partial charge on any atom is -0.379 e. The molecule has 2 aromatic rings. The number of amides is 1. The van der Waals surface area contributed by atoms with Gasteiger partial charge in [0.2, 0.25) is 15.9 Å². The van der Waals surface area contributed by atoms with Crippen LogP contribution in [0, 0.1) is 0 Å². The number of thioether (sulfide) groups is 1. The highest BCUT2D eigenvalue weighted by Crippen LogP contribution is 2.20. The van der Waals surface area contributed by atoms with E-state index in [1.54, 1.807) is 18.2 Å². The predicted molar refractivity (Wildman–Crippen MR) is 102 cm³/mol. The number of sulfonamides is 1. The smallest absolute Gasteiger partial charge is 0.244 e. The van der Waals surface area contributed by atoms with Crippen LogP contribution in [0.4, 0.5) is 5.82 Å². The fourth-order valence-corrected chi connectivity index (χ4v) is 4.42. The molecular formula is C16H17ClN4O4S2. The van der Waals surface area contributed by atoms with E-state index in [0.717, 1.165) is 0 Å². The number of nitrogens with zero attached hydrogens (tertiary/aromatic N) is 3. The molecule has 0 aliphatic carbocycles. The minimum atomic E-state index is -3.57. The molecule has 0 unspecified atom stereocenters. The van der Waals surface area contributed by atoms with Gasteiger partial charge in [-0.1, -0.05) is 23.4 Å². The minimum absolute atomic E-state index is 0.118. The van der Waals surface area contributed by atoms with Gasteiger partial charge < -0.3 is 10.1 Å². The molecule has 0 spiro atoms. The molecule has 2 aromatic heterocycles. The van der Waals surface area contributed by atoms with E-state index < -0.39 is 10.0 Å². The van der Waals surface area contributed by atoms with Crippen LogP contribution in [0.2, 0.25) is 5.02 Å². The maximum absolute atomic E-state index is 12.5. The molecule has 27 heavy (non-hydrogen) atoms. The van der Waals surface area contributed by atoms with E-state index in [4.69, 9.17) is 16.3 Å². The molecule has 0 aromatic carbocycles. The Morgan fingerprint density at radius 1 is 1.19 bits per heavy atom. The Labute approximate surface area is 166 Å². The first kappa shape index (κ1) is 20.0. The van der Waals surface area contributed by atoms with Crippen LogP contribution in [0.1, 0.15) is 0 Å². The van der Waals surface area contributed by atoms with Crippen molar-refractivity contribution in [3.63, 3.8) is 0 Å². The van der Waals surface area contributed by atoms with Crippen molar-refractivity contribution in [2.75, 3.05) is 37.4 Å². The van der Waals surface area contributed by atoms with Gasteiger partial charge in [0.05, 0.1) is 29.0 Å². The maximum atomic E-state index is 12.5. The molecule has 0 radical (unpaired) electrons. The van der Waals surface area contributed by atoms with Gasteiger partial charge in [0.1, 0.15) is 10.7 Å². The molecule has 0 atom stereocenters. The van der Waals surface area contributed by atoms with E-state index >= 15 is 0 Å². The predicted octanol–water partition coefficient (Wildman–Crippen LogP) is 1.88. The van der Waals surface area contributed by atoms with E-state index in [0.29, 0.717) is 42.2 Å². The Morgan fingerprint density at radius 2 is 1.96 bits per heavy atom. The number of hydrogen-bond donors (Lipinski definition) is 1. The Morgan fingerprint density at radius 3 is 2.59 bits per heavy atom. The monoisotopic (exact) mass is 428 g/mol. The first-order valence-corrected chi connectivity index (χ1v) is 10.8. The van der Waals surface area contributed by atoms with Gasteiger partial charge in [0, 0.05) is 25.5 Å². The Kier molecular flexibility index (Phi) is 6.66. The van der Waals surface area contributed by atoms with Gasteiger partial charge in [-0.2, -0.15) is 4.31 Å². The summed E-state index contributed by atoms with van der Waals surface area (Å²) in [6, 6.07) is 6.32. The number of pyridine rings is 2. The third-order valence-corrected chi connectivity index (χ3v) is 6.71. The van der Waals surface area contributed by atoms with Gasteiger partial charge >= 0.3 is 0 Å². The summed E-state index contributed by atoms with van der Waals surface area (Å²) in [6.45, 7) is 1.44. The van der Waals surface area contributed by atoms with Crippen LogP contribution in [0.3, 0.4) is 0 Å². The number of carbonyl (C=O) groups excluding carboxylic acids is 1. The standard InChI is InChI=1S/C16H17ClN4O4S2/c17-12-1-3-14(18-9-12)20-15(22)11-26-16-4-2-13(10-19-16)27(23,24)21-5-7-25-8-6-21/h1-4,9-10H,5-8,11H2,(H,18,20,22). The second kappa shape index (κ2) is 8.98.